The van der Waals surface area contributed by atoms with Crippen LogP contribution in [0.4, 0.5) is 0 Å². The number of carbonyl (C=O) groups is 2. The van der Waals surface area contributed by atoms with Gasteiger partial charge in [-0.15, -0.1) is 0 Å². The molecule has 0 saturated heterocycles. The Hall–Kier alpha value is -0.660. The van der Waals surface area contributed by atoms with Gasteiger partial charge in [0.15, 0.2) is 0 Å². The predicted molar refractivity (Wildman–Crippen MR) is 88.6 cm³/mol. The first-order chi connectivity index (χ1) is 10.8. The Kier molecular flexibility index (Phi) is 5.71. The van der Waals surface area contributed by atoms with Crippen molar-refractivity contribution in [2.45, 2.75) is 89.9 Å². The predicted octanol–water partition coefficient (Wildman–Crippen LogP) is 5.09. The van der Waals surface area contributed by atoms with Gasteiger partial charge in [-0.25, -0.2) is 0 Å². The van der Waals surface area contributed by atoms with Crippen LogP contribution in [-0.2, 0) is 9.59 Å². The molecule has 0 radical (unpaired) electrons. The highest BCUT2D eigenvalue weighted by atomic mass is 16.1. The van der Waals surface area contributed by atoms with E-state index in [4.69, 9.17) is 0 Å². The van der Waals surface area contributed by atoms with E-state index >= 15 is 0 Å². The molecule has 2 heteroatoms. The molecule has 22 heavy (non-hydrogen) atoms. The van der Waals surface area contributed by atoms with Gasteiger partial charge in [0.25, 0.3) is 0 Å². The Morgan fingerprint density at radius 1 is 0.636 bits per heavy atom. The summed E-state index contributed by atoms with van der Waals surface area (Å²) in [6.07, 6.45) is 15.8. The van der Waals surface area contributed by atoms with Crippen molar-refractivity contribution in [2.75, 3.05) is 0 Å². The Morgan fingerprint density at radius 2 is 1.27 bits per heavy atom. The van der Waals surface area contributed by atoms with Crippen molar-refractivity contribution in [3.8, 4) is 0 Å². The maximum absolute atomic E-state index is 12.7. The molecule has 3 unspecified atom stereocenters. The second-order valence-electron chi connectivity index (χ2n) is 8.01. The fourth-order valence-corrected chi connectivity index (χ4v) is 5.40. The third-order valence-corrected chi connectivity index (χ3v) is 6.67. The summed E-state index contributed by atoms with van der Waals surface area (Å²) in [6.45, 7) is 0. The highest BCUT2D eigenvalue weighted by molar-refractivity contribution is 5.88. The highest BCUT2D eigenvalue weighted by Crippen LogP contribution is 2.44. The van der Waals surface area contributed by atoms with Crippen LogP contribution in [-0.4, -0.2) is 11.6 Å². The molecule has 0 amide bonds. The summed E-state index contributed by atoms with van der Waals surface area (Å²) >= 11 is 0. The van der Waals surface area contributed by atoms with E-state index in [1.165, 1.54) is 57.8 Å². The van der Waals surface area contributed by atoms with Gasteiger partial charge in [0.05, 0.1) is 0 Å². The summed E-state index contributed by atoms with van der Waals surface area (Å²) < 4.78 is 0. The standard InChI is InChI=1S/C20H32O2/c21-19(16-8-2-1-3-9-16)13-14-20(22)18-12-6-10-15-7-4-5-11-17(15)18/h15-18H,1-14H2. The van der Waals surface area contributed by atoms with E-state index in [1.807, 2.05) is 0 Å². The molecule has 0 spiro atoms. The number of carbonyl (C=O) groups excluding carboxylic acids is 2. The number of hydrogen-bond donors (Lipinski definition) is 0. The fourth-order valence-electron chi connectivity index (χ4n) is 5.40. The lowest BCUT2D eigenvalue weighted by Gasteiger charge is -2.40. The van der Waals surface area contributed by atoms with Crippen LogP contribution in [0.15, 0.2) is 0 Å². The molecule has 0 aromatic carbocycles. The summed E-state index contributed by atoms with van der Waals surface area (Å²) in [5, 5.41) is 0. The zero-order chi connectivity index (χ0) is 15.4. The molecule has 3 atom stereocenters. The molecule has 2 nitrogen and oxygen atoms in total. The number of Topliss-reactive ketones (excluding diaryl/α,β-unsaturated/α-hetero) is 2. The van der Waals surface area contributed by atoms with Crippen molar-refractivity contribution < 1.29 is 9.59 Å². The highest BCUT2D eigenvalue weighted by Gasteiger charge is 2.38. The lowest BCUT2D eigenvalue weighted by atomic mass is 9.64. The lowest BCUT2D eigenvalue weighted by Crippen LogP contribution is -2.35. The third kappa shape index (κ3) is 3.81. The Bertz CT molecular complexity index is 393. The minimum Gasteiger partial charge on any atom is -0.299 e. The molecule has 0 aliphatic heterocycles. The van der Waals surface area contributed by atoms with Crippen LogP contribution in [0.5, 0.6) is 0 Å². The molecule has 0 heterocycles. The van der Waals surface area contributed by atoms with Crippen LogP contribution >= 0.6 is 0 Å². The third-order valence-electron chi connectivity index (χ3n) is 6.67. The summed E-state index contributed by atoms with van der Waals surface area (Å²) in [5.74, 6) is 2.82. The lowest BCUT2D eigenvalue weighted by molar-refractivity contribution is -0.131. The number of ketones is 2. The molecule has 124 valence electrons. The van der Waals surface area contributed by atoms with Crippen LogP contribution in [0.2, 0.25) is 0 Å². The van der Waals surface area contributed by atoms with E-state index in [0.717, 1.165) is 25.2 Å². The molecular weight excluding hydrogens is 272 g/mol. The van der Waals surface area contributed by atoms with Crippen LogP contribution in [0.25, 0.3) is 0 Å². The van der Waals surface area contributed by atoms with E-state index in [0.29, 0.717) is 36.2 Å². The zero-order valence-electron chi connectivity index (χ0n) is 14.0. The second-order valence-corrected chi connectivity index (χ2v) is 8.01. The van der Waals surface area contributed by atoms with E-state index in [9.17, 15) is 9.59 Å². The van der Waals surface area contributed by atoms with Crippen LogP contribution in [0, 0.1) is 23.7 Å². The molecule has 0 N–H and O–H groups in total. The molecule has 3 rings (SSSR count). The van der Waals surface area contributed by atoms with Crippen molar-refractivity contribution in [1.82, 2.24) is 0 Å². The van der Waals surface area contributed by atoms with E-state index in [-0.39, 0.29) is 5.92 Å². The Labute approximate surface area is 135 Å². The molecule has 3 aliphatic rings. The van der Waals surface area contributed by atoms with Crippen LogP contribution in [0.3, 0.4) is 0 Å². The molecule has 0 bridgehead atoms. The molecule has 0 aromatic heterocycles. The van der Waals surface area contributed by atoms with Crippen molar-refractivity contribution in [3.63, 3.8) is 0 Å². The molecule has 3 fully saturated rings. The average molecular weight is 304 g/mol. The first-order valence-corrected chi connectivity index (χ1v) is 9.81. The molecule has 3 aliphatic carbocycles. The smallest absolute Gasteiger partial charge is 0.136 e. The normalized spacial score (nSPS) is 33.2. The zero-order valence-corrected chi connectivity index (χ0v) is 14.0. The van der Waals surface area contributed by atoms with E-state index in [1.54, 1.807) is 0 Å². The number of fused-ring (bicyclic) bond motifs is 1. The van der Waals surface area contributed by atoms with E-state index in [2.05, 4.69) is 0 Å². The van der Waals surface area contributed by atoms with Gasteiger partial charge < -0.3 is 0 Å². The van der Waals surface area contributed by atoms with Crippen LogP contribution < -0.4 is 0 Å². The van der Waals surface area contributed by atoms with Gasteiger partial charge in [-0.1, -0.05) is 51.4 Å². The van der Waals surface area contributed by atoms with Gasteiger partial charge in [-0.05, 0) is 37.5 Å². The maximum Gasteiger partial charge on any atom is 0.136 e. The minimum atomic E-state index is 0.273. The summed E-state index contributed by atoms with van der Waals surface area (Å²) in [5.41, 5.74) is 0. The second kappa shape index (κ2) is 7.75. The van der Waals surface area contributed by atoms with Crippen LogP contribution in [0.1, 0.15) is 89.9 Å². The monoisotopic (exact) mass is 304 g/mol. The van der Waals surface area contributed by atoms with Gasteiger partial charge in [0.1, 0.15) is 11.6 Å². The van der Waals surface area contributed by atoms with Gasteiger partial charge >= 0.3 is 0 Å². The molecular formula is C20H32O2. The summed E-state index contributed by atoms with van der Waals surface area (Å²) in [7, 11) is 0. The summed E-state index contributed by atoms with van der Waals surface area (Å²) in [4.78, 5) is 25.0. The quantitative estimate of drug-likeness (QED) is 0.709. The van der Waals surface area contributed by atoms with Gasteiger partial charge in [-0.2, -0.15) is 0 Å². The summed E-state index contributed by atoms with van der Waals surface area (Å²) in [6, 6.07) is 0. The maximum atomic E-state index is 12.7. The fraction of sp³-hybridized carbons (Fsp3) is 0.900. The first kappa shape index (κ1) is 16.2. The average Bonchev–Trinajstić information content (AvgIpc) is 2.59. The van der Waals surface area contributed by atoms with E-state index < -0.39 is 0 Å². The largest absolute Gasteiger partial charge is 0.299 e. The number of hydrogen-bond acceptors (Lipinski definition) is 2. The molecule has 0 aromatic rings. The minimum absolute atomic E-state index is 0.273. The molecule has 3 saturated carbocycles. The SMILES string of the molecule is O=C(CCC(=O)C1CCCC2CCCCC21)C1CCCCC1. The van der Waals surface area contributed by atoms with Gasteiger partial charge in [0, 0.05) is 24.7 Å². The Balaban J connectivity index is 1.49. The Morgan fingerprint density at radius 3 is 2.09 bits per heavy atom. The van der Waals surface area contributed by atoms with Crippen molar-refractivity contribution in [3.05, 3.63) is 0 Å². The van der Waals surface area contributed by atoms with Gasteiger partial charge in [0.2, 0.25) is 0 Å². The van der Waals surface area contributed by atoms with Crippen molar-refractivity contribution in [1.29, 1.82) is 0 Å². The number of rotatable bonds is 5. The first-order valence-electron chi connectivity index (χ1n) is 9.81. The van der Waals surface area contributed by atoms with Crippen molar-refractivity contribution in [2.24, 2.45) is 23.7 Å². The van der Waals surface area contributed by atoms with Gasteiger partial charge in [-0.3, -0.25) is 9.59 Å². The topological polar surface area (TPSA) is 34.1 Å². The van der Waals surface area contributed by atoms with Crippen molar-refractivity contribution >= 4 is 11.6 Å².